The smallest absolute Gasteiger partial charge is 0.131 e. The van der Waals surface area contributed by atoms with Crippen LogP contribution in [-0.4, -0.2) is 10.8 Å². The molecular formula is C47H33N3S. The standard InChI is InChI=1S/C47H33N3S/c48-47(37-14-5-2-6-15-37)50-40(35-12-3-1-4-13-35)29-21-31-19-22-32(23-20-31)33-24-26-36(27-25-33)45-44-39-17-9-10-18-42(39)51-46(44)43-38-16-8-7-11-34(38)28-30-41(43)49-45/h1-20,22-30H,21H2,(H2,48,50)/b40-29-. The third-order valence-corrected chi connectivity index (χ3v) is 10.7. The van der Waals surface area contributed by atoms with Crippen LogP contribution in [0.5, 0.6) is 0 Å². The van der Waals surface area contributed by atoms with Gasteiger partial charge in [0.25, 0.3) is 0 Å². The maximum atomic E-state index is 6.43. The van der Waals surface area contributed by atoms with Crippen molar-refractivity contribution in [3.63, 3.8) is 0 Å². The first kappa shape index (κ1) is 30.7. The lowest BCUT2D eigenvalue weighted by atomic mass is 9.97. The molecule has 0 aliphatic heterocycles. The van der Waals surface area contributed by atoms with Crippen LogP contribution in [0.25, 0.3) is 69.9 Å². The van der Waals surface area contributed by atoms with E-state index >= 15 is 0 Å². The van der Waals surface area contributed by atoms with E-state index in [0.717, 1.165) is 40.0 Å². The minimum absolute atomic E-state index is 0.504. The van der Waals surface area contributed by atoms with Gasteiger partial charge in [0.15, 0.2) is 0 Å². The predicted molar refractivity (Wildman–Crippen MR) is 218 cm³/mol. The van der Waals surface area contributed by atoms with Gasteiger partial charge in [-0.3, -0.25) is 0 Å². The normalized spacial score (nSPS) is 12.3. The SMILES string of the molecule is NC(=N/C(=C\Cc1ccc(-c2ccc(-c3nc4ccc5ccccc5c4c4sc5ccccc5c34)cc2)cc1)c1ccccc1)c1ccccc1. The van der Waals surface area contributed by atoms with Gasteiger partial charge in [0, 0.05) is 36.7 Å². The summed E-state index contributed by atoms with van der Waals surface area (Å²) in [5.41, 5.74) is 16.0. The Bertz CT molecular complexity index is 2740. The zero-order valence-corrected chi connectivity index (χ0v) is 28.6. The molecule has 0 bridgehead atoms. The summed E-state index contributed by atoms with van der Waals surface area (Å²) < 4.78 is 2.58. The second-order valence-corrected chi connectivity index (χ2v) is 13.8. The average molecular weight is 672 g/mol. The molecule has 2 heterocycles. The Morgan fingerprint density at radius 1 is 0.569 bits per heavy atom. The molecule has 0 atom stereocenters. The lowest BCUT2D eigenvalue weighted by molar-refractivity contribution is 1.26. The lowest BCUT2D eigenvalue weighted by Gasteiger charge is -2.11. The third kappa shape index (κ3) is 5.86. The maximum absolute atomic E-state index is 6.43. The van der Waals surface area contributed by atoms with E-state index in [1.54, 1.807) is 0 Å². The van der Waals surface area contributed by atoms with Crippen LogP contribution in [0.2, 0.25) is 0 Å². The van der Waals surface area contributed by atoms with Crippen molar-refractivity contribution in [3.8, 4) is 22.4 Å². The summed E-state index contributed by atoms with van der Waals surface area (Å²) in [6, 6.07) is 59.5. The van der Waals surface area contributed by atoms with E-state index in [2.05, 4.69) is 127 Å². The molecule has 0 spiro atoms. The molecule has 0 fully saturated rings. The zero-order chi connectivity index (χ0) is 34.1. The number of aliphatic imine (C=N–C) groups is 1. The minimum atomic E-state index is 0.504. The Labute approximate surface area is 300 Å². The van der Waals surface area contributed by atoms with E-state index in [4.69, 9.17) is 15.7 Å². The van der Waals surface area contributed by atoms with Crippen molar-refractivity contribution in [2.75, 3.05) is 0 Å². The molecule has 242 valence electrons. The molecule has 0 radical (unpaired) electrons. The summed E-state index contributed by atoms with van der Waals surface area (Å²) in [6.07, 6.45) is 2.89. The Morgan fingerprint density at radius 3 is 1.92 bits per heavy atom. The van der Waals surface area contributed by atoms with Crippen LogP contribution >= 0.6 is 11.3 Å². The van der Waals surface area contributed by atoms with Crippen LogP contribution in [0.3, 0.4) is 0 Å². The molecule has 0 unspecified atom stereocenters. The van der Waals surface area contributed by atoms with Crippen molar-refractivity contribution in [1.29, 1.82) is 0 Å². The first-order chi connectivity index (χ1) is 25.2. The van der Waals surface area contributed by atoms with Crippen molar-refractivity contribution < 1.29 is 0 Å². The number of allylic oxidation sites excluding steroid dienone is 1. The number of pyridine rings is 1. The minimum Gasteiger partial charge on any atom is -0.383 e. The fraction of sp³-hybridized carbons (Fsp3) is 0.0213. The molecule has 0 aliphatic carbocycles. The van der Waals surface area contributed by atoms with E-state index < -0.39 is 0 Å². The molecule has 0 amide bonds. The van der Waals surface area contributed by atoms with Crippen molar-refractivity contribution in [1.82, 2.24) is 4.98 Å². The molecule has 0 saturated heterocycles. The highest BCUT2D eigenvalue weighted by molar-refractivity contribution is 7.27. The Balaban J connectivity index is 1.03. The van der Waals surface area contributed by atoms with Gasteiger partial charge in [0.2, 0.25) is 0 Å². The van der Waals surface area contributed by atoms with Crippen molar-refractivity contribution >= 4 is 64.7 Å². The molecule has 0 saturated carbocycles. The van der Waals surface area contributed by atoms with Gasteiger partial charge in [0.1, 0.15) is 5.84 Å². The number of amidine groups is 1. The number of aromatic nitrogens is 1. The molecule has 3 nitrogen and oxygen atoms in total. The van der Waals surface area contributed by atoms with E-state index in [1.807, 2.05) is 59.9 Å². The molecule has 4 heteroatoms. The van der Waals surface area contributed by atoms with Crippen molar-refractivity contribution in [3.05, 3.63) is 193 Å². The van der Waals surface area contributed by atoms with Crippen LogP contribution < -0.4 is 5.73 Å². The van der Waals surface area contributed by atoms with Gasteiger partial charge in [-0.15, -0.1) is 11.3 Å². The second-order valence-electron chi connectivity index (χ2n) is 12.7. The molecule has 51 heavy (non-hydrogen) atoms. The molecule has 7 aromatic carbocycles. The Morgan fingerprint density at radius 2 is 1.18 bits per heavy atom. The monoisotopic (exact) mass is 671 g/mol. The van der Waals surface area contributed by atoms with Gasteiger partial charge in [0.05, 0.1) is 16.9 Å². The van der Waals surface area contributed by atoms with E-state index in [-0.39, 0.29) is 0 Å². The van der Waals surface area contributed by atoms with Gasteiger partial charge in [-0.25, -0.2) is 9.98 Å². The summed E-state index contributed by atoms with van der Waals surface area (Å²) in [5, 5.41) is 6.21. The maximum Gasteiger partial charge on any atom is 0.131 e. The predicted octanol–water partition coefficient (Wildman–Crippen LogP) is 12.1. The summed E-state index contributed by atoms with van der Waals surface area (Å²) in [7, 11) is 0. The highest BCUT2D eigenvalue weighted by atomic mass is 32.1. The molecule has 2 aromatic heterocycles. The number of nitrogens with zero attached hydrogens (tertiary/aromatic N) is 2. The highest BCUT2D eigenvalue weighted by Crippen LogP contribution is 2.44. The number of benzene rings is 7. The van der Waals surface area contributed by atoms with Gasteiger partial charge in [-0.2, -0.15) is 0 Å². The Kier molecular flexibility index (Phi) is 7.92. The number of rotatable bonds is 7. The fourth-order valence-electron chi connectivity index (χ4n) is 6.94. The first-order valence-corrected chi connectivity index (χ1v) is 18.0. The van der Waals surface area contributed by atoms with Gasteiger partial charge in [-0.1, -0.05) is 164 Å². The van der Waals surface area contributed by atoms with Crippen molar-refractivity contribution in [2.45, 2.75) is 6.42 Å². The number of fused-ring (bicyclic) bond motifs is 7. The highest BCUT2D eigenvalue weighted by Gasteiger charge is 2.18. The summed E-state index contributed by atoms with van der Waals surface area (Å²) in [5.74, 6) is 0.504. The van der Waals surface area contributed by atoms with E-state index in [9.17, 15) is 0 Å². The average Bonchev–Trinajstić information content (AvgIpc) is 3.60. The van der Waals surface area contributed by atoms with Gasteiger partial charge < -0.3 is 5.73 Å². The number of hydrogen-bond donors (Lipinski definition) is 1. The van der Waals surface area contributed by atoms with E-state index in [1.165, 1.54) is 53.0 Å². The summed E-state index contributed by atoms with van der Waals surface area (Å²) >= 11 is 1.86. The summed E-state index contributed by atoms with van der Waals surface area (Å²) in [6.45, 7) is 0. The Hall–Kier alpha value is -6.36. The molecule has 9 rings (SSSR count). The molecule has 2 N–H and O–H groups in total. The quantitative estimate of drug-likeness (QED) is 0.104. The topological polar surface area (TPSA) is 51.3 Å². The number of nitrogens with two attached hydrogens (primary N) is 1. The van der Waals surface area contributed by atoms with Crippen LogP contribution in [0.15, 0.2) is 181 Å². The molecule has 9 aromatic rings. The zero-order valence-electron chi connectivity index (χ0n) is 27.8. The van der Waals surface area contributed by atoms with Crippen LogP contribution in [-0.2, 0) is 6.42 Å². The molecular weight excluding hydrogens is 639 g/mol. The number of hydrogen-bond acceptors (Lipinski definition) is 3. The number of thiophene rings is 1. The van der Waals surface area contributed by atoms with Crippen LogP contribution in [0, 0.1) is 0 Å². The first-order valence-electron chi connectivity index (χ1n) is 17.2. The summed E-state index contributed by atoms with van der Waals surface area (Å²) in [4.78, 5) is 10.2. The largest absolute Gasteiger partial charge is 0.383 e. The van der Waals surface area contributed by atoms with E-state index in [0.29, 0.717) is 5.84 Å². The van der Waals surface area contributed by atoms with Gasteiger partial charge >= 0.3 is 0 Å². The lowest BCUT2D eigenvalue weighted by Crippen LogP contribution is -2.13. The molecule has 0 aliphatic rings. The third-order valence-electron chi connectivity index (χ3n) is 9.56. The second kappa shape index (κ2) is 13.2. The van der Waals surface area contributed by atoms with Crippen molar-refractivity contribution in [2.24, 2.45) is 10.7 Å². The van der Waals surface area contributed by atoms with Gasteiger partial charge in [-0.05, 0) is 51.6 Å². The fourth-order valence-corrected chi connectivity index (χ4v) is 8.21. The van der Waals surface area contributed by atoms with Crippen LogP contribution in [0.1, 0.15) is 16.7 Å². The van der Waals surface area contributed by atoms with Crippen LogP contribution in [0.4, 0.5) is 0 Å².